The van der Waals surface area contributed by atoms with Crippen molar-refractivity contribution in [3.05, 3.63) is 28.6 Å². The van der Waals surface area contributed by atoms with Crippen molar-refractivity contribution < 1.29 is 14.6 Å². The topological polar surface area (TPSA) is 59.4 Å². The van der Waals surface area contributed by atoms with Crippen LogP contribution in [0, 0.1) is 0 Å². The first-order valence-corrected chi connectivity index (χ1v) is 5.74. The molecule has 0 bridgehead atoms. The lowest BCUT2D eigenvalue weighted by atomic mass is 9.87. The zero-order valence-electron chi connectivity index (χ0n) is 10.4. The molecule has 0 unspecified atom stereocenters. The normalized spacial score (nSPS) is 15.5. The van der Waals surface area contributed by atoms with Crippen LogP contribution in [0.25, 0.3) is 0 Å². The molecule has 1 N–H and O–H groups in total. The van der Waals surface area contributed by atoms with E-state index in [9.17, 15) is 9.90 Å². The fraction of sp³-hybridized carbons (Fsp3) is 0.538. The van der Waals surface area contributed by atoms with E-state index in [2.05, 4.69) is 4.98 Å². The number of hydrogen-bond acceptors (Lipinski definition) is 3. The second-order valence-corrected chi connectivity index (χ2v) is 5.35. The molecular formula is C13H17NO3. The Morgan fingerprint density at radius 1 is 1.47 bits per heavy atom. The summed E-state index contributed by atoms with van der Waals surface area (Å²) in [6.07, 6.45) is 0.762. The molecule has 17 heavy (non-hydrogen) atoms. The van der Waals surface area contributed by atoms with Crippen molar-refractivity contribution in [1.82, 2.24) is 4.98 Å². The number of aromatic carboxylic acids is 1. The second kappa shape index (κ2) is 4.11. The highest BCUT2D eigenvalue weighted by molar-refractivity contribution is 5.89. The predicted molar refractivity (Wildman–Crippen MR) is 63.3 cm³/mol. The summed E-state index contributed by atoms with van der Waals surface area (Å²) < 4.78 is 5.32. The van der Waals surface area contributed by atoms with Crippen LogP contribution in [0.5, 0.6) is 0 Å². The number of pyridine rings is 1. The molecule has 0 amide bonds. The molecule has 4 nitrogen and oxygen atoms in total. The Bertz CT molecular complexity index is 460. The van der Waals surface area contributed by atoms with Crippen LogP contribution in [0.2, 0.25) is 0 Å². The standard InChI is InChI=1S/C13H17NO3/c1-13(2,3)11-9(12(15)16)6-8-7-17-5-4-10(8)14-11/h6H,4-5,7H2,1-3H3,(H,15,16). The van der Waals surface area contributed by atoms with Gasteiger partial charge in [-0.3, -0.25) is 4.98 Å². The number of carbonyl (C=O) groups is 1. The molecule has 0 spiro atoms. The van der Waals surface area contributed by atoms with Crippen molar-refractivity contribution in [3.63, 3.8) is 0 Å². The molecule has 1 aromatic heterocycles. The minimum Gasteiger partial charge on any atom is -0.478 e. The molecule has 1 aliphatic heterocycles. The van der Waals surface area contributed by atoms with E-state index in [1.54, 1.807) is 6.07 Å². The van der Waals surface area contributed by atoms with Gasteiger partial charge in [-0.1, -0.05) is 20.8 Å². The zero-order chi connectivity index (χ0) is 12.6. The van der Waals surface area contributed by atoms with Gasteiger partial charge >= 0.3 is 5.97 Å². The summed E-state index contributed by atoms with van der Waals surface area (Å²) in [5, 5.41) is 9.25. The van der Waals surface area contributed by atoms with Gasteiger partial charge in [-0.05, 0) is 6.07 Å². The number of ether oxygens (including phenoxy) is 1. The van der Waals surface area contributed by atoms with Gasteiger partial charge in [0.1, 0.15) is 0 Å². The third-order valence-corrected chi connectivity index (χ3v) is 2.87. The maximum absolute atomic E-state index is 11.3. The summed E-state index contributed by atoms with van der Waals surface area (Å²) in [6, 6.07) is 1.71. The van der Waals surface area contributed by atoms with Crippen LogP contribution in [0.4, 0.5) is 0 Å². The molecule has 0 atom stereocenters. The average Bonchev–Trinajstić information content (AvgIpc) is 2.26. The molecule has 2 rings (SSSR count). The molecule has 0 aromatic carbocycles. The smallest absolute Gasteiger partial charge is 0.337 e. The number of carboxylic acid groups (broad SMARTS) is 1. The van der Waals surface area contributed by atoms with Crippen molar-refractivity contribution in [2.45, 2.75) is 39.2 Å². The van der Waals surface area contributed by atoms with Gasteiger partial charge in [0.15, 0.2) is 0 Å². The number of nitrogens with zero attached hydrogens (tertiary/aromatic N) is 1. The van der Waals surface area contributed by atoms with Crippen molar-refractivity contribution in [2.75, 3.05) is 6.61 Å². The third-order valence-electron chi connectivity index (χ3n) is 2.87. The molecule has 0 radical (unpaired) electrons. The van der Waals surface area contributed by atoms with Gasteiger partial charge in [0.2, 0.25) is 0 Å². The van der Waals surface area contributed by atoms with E-state index in [1.165, 1.54) is 0 Å². The molecule has 4 heteroatoms. The van der Waals surface area contributed by atoms with Gasteiger partial charge in [0.25, 0.3) is 0 Å². The van der Waals surface area contributed by atoms with Crippen LogP contribution in [-0.4, -0.2) is 22.7 Å². The van der Waals surface area contributed by atoms with Gasteiger partial charge in [0, 0.05) is 23.1 Å². The van der Waals surface area contributed by atoms with E-state index in [4.69, 9.17) is 4.74 Å². The maximum atomic E-state index is 11.3. The molecule has 92 valence electrons. The highest BCUT2D eigenvalue weighted by atomic mass is 16.5. The SMILES string of the molecule is CC(C)(C)c1nc2c(cc1C(=O)O)COCC2. The minimum absolute atomic E-state index is 0.263. The Hall–Kier alpha value is -1.42. The Morgan fingerprint density at radius 3 is 2.76 bits per heavy atom. The van der Waals surface area contributed by atoms with E-state index in [0.29, 0.717) is 24.5 Å². The highest BCUT2D eigenvalue weighted by Crippen LogP contribution is 2.27. The van der Waals surface area contributed by atoms with Crippen molar-refractivity contribution >= 4 is 5.97 Å². The Labute approximate surface area is 101 Å². The fourth-order valence-corrected chi connectivity index (χ4v) is 2.02. The summed E-state index contributed by atoms with van der Waals surface area (Å²) in [5.74, 6) is -0.921. The zero-order valence-corrected chi connectivity index (χ0v) is 10.4. The summed E-state index contributed by atoms with van der Waals surface area (Å²) in [5.41, 5.74) is 2.57. The van der Waals surface area contributed by atoms with Crippen molar-refractivity contribution in [1.29, 1.82) is 0 Å². The van der Waals surface area contributed by atoms with Gasteiger partial charge in [0.05, 0.1) is 24.5 Å². The Morgan fingerprint density at radius 2 is 2.18 bits per heavy atom. The molecular weight excluding hydrogens is 218 g/mol. The van der Waals surface area contributed by atoms with Crippen molar-refractivity contribution in [2.24, 2.45) is 0 Å². The maximum Gasteiger partial charge on any atom is 0.337 e. The number of aromatic nitrogens is 1. The van der Waals surface area contributed by atoms with Gasteiger partial charge in [-0.25, -0.2) is 4.79 Å². The Kier molecular flexibility index (Phi) is 2.91. The largest absolute Gasteiger partial charge is 0.478 e. The monoisotopic (exact) mass is 235 g/mol. The third kappa shape index (κ3) is 2.31. The molecule has 0 fully saturated rings. The van der Waals surface area contributed by atoms with Crippen LogP contribution in [0.1, 0.15) is 48.1 Å². The van der Waals surface area contributed by atoms with Crippen LogP contribution < -0.4 is 0 Å². The van der Waals surface area contributed by atoms with Crippen LogP contribution in [0.15, 0.2) is 6.07 Å². The van der Waals surface area contributed by atoms with E-state index < -0.39 is 5.97 Å². The average molecular weight is 235 g/mol. The first kappa shape index (κ1) is 12.0. The molecule has 0 saturated heterocycles. The fourth-order valence-electron chi connectivity index (χ4n) is 2.02. The van der Waals surface area contributed by atoms with E-state index in [1.807, 2.05) is 20.8 Å². The quantitative estimate of drug-likeness (QED) is 0.810. The first-order valence-electron chi connectivity index (χ1n) is 5.74. The van der Waals surface area contributed by atoms with E-state index in [-0.39, 0.29) is 5.41 Å². The van der Waals surface area contributed by atoms with E-state index >= 15 is 0 Å². The second-order valence-electron chi connectivity index (χ2n) is 5.35. The lowest BCUT2D eigenvalue weighted by Crippen LogP contribution is -2.23. The lowest BCUT2D eigenvalue weighted by molar-refractivity contribution is 0.0691. The van der Waals surface area contributed by atoms with Gasteiger partial charge in [-0.15, -0.1) is 0 Å². The highest BCUT2D eigenvalue weighted by Gasteiger charge is 2.26. The Balaban J connectivity index is 2.60. The van der Waals surface area contributed by atoms with Crippen LogP contribution in [0.3, 0.4) is 0 Å². The van der Waals surface area contributed by atoms with Crippen LogP contribution in [-0.2, 0) is 23.2 Å². The first-order chi connectivity index (χ1) is 7.89. The van der Waals surface area contributed by atoms with Crippen molar-refractivity contribution in [3.8, 4) is 0 Å². The molecule has 1 aromatic rings. The van der Waals surface area contributed by atoms with Gasteiger partial charge in [-0.2, -0.15) is 0 Å². The number of hydrogen-bond donors (Lipinski definition) is 1. The minimum atomic E-state index is -0.921. The summed E-state index contributed by atoms with van der Waals surface area (Å²) in [7, 11) is 0. The van der Waals surface area contributed by atoms with E-state index in [0.717, 1.165) is 17.7 Å². The molecule has 0 saturated carbocycles. The summed E-state index contributed by atoms with van der Waals surface area (Å²) in [6.45, 7) is 7.07. The summed E-state index contributed by atoms with van der Waals surface area (Å²) >= 11 is 0. The molecule has 1 aliphatic rings. The number of carboxylic acids is 1. The summed E-state index contributed by atoms with van der Waals surface area (Å²) in [4.78, 5) is 15.8. The van der Waals surface area contributed by atoms with Crippen LogP contribution >= 0.6 is 0 Å². The lowest BCUT2D eigenvalue weighted by Gasteiger charge is -2.24. The molecule has 2 heterocycles. The molecule has 0 aliphatic carbocycles. The number of fused-ring (bicyclic) bond motifs is 1. The van der Waals surface area contributed by atoms with Gasteiger partial charge < -0.3 is 9.84 Å². The predicted octanol–water partition coefficient (Wildman–Crippen LogP) is 2.15. The number of rotatable bonds is 1.